The normalized spacial score (nSPS) is 12.1. The van der Waals surface area contributed by atoms with E-state index in [1.54, 1.807) is 0 Å². The van der Waals surface area contributed by atoms with Crippen molar-refractivity contribution in [2.75, 3.05) is 23.4 Å². The van der Waals surface area contributed by atoms with E-state index in [9.17, 15) is 8.42 Å². The fraction of sp³-hybridized carbons (Fsp3) is 0.700. The molecule has 17 heavy (non-hydrogen) atoms. The molecule has 0 unspecified atom stereocenters. The van der Waals surface area contributed by atoms with Gasteiger partial charge in [-0.3, -0.25) is 0 Å². The Bertz CT molecular complexity index is 480. The molecule has 1 heterocycles. The summed E-state index contributed by atoms with van der Waals surface area (Å²) in [5.41, 5.74) is 5.69. The van der Waals surface area contributed by atoms with Gasteiger partial charge in [0, 0.05) is 13.1 Å². The molecule has 98 valence electrons. The molecule has 0 aliphatic heterocycles. The minimum Gasteiger partial charge on any atom is -0.382 e. The van der Waals surface area contributed by atoms with Crippen LogP contribution in [0.15, 0.2) is 4.90 Å². The second-order valence-corrected chi connectivity index (χ2v) is 7.02. The standard InChI is InChI=1S/C10H19N3O2S2/c1-5-6-17(14,15)8-9(11)12-16-10(8)13(4)7(2)3/h7H,5-6H2,1-4H3,(H2,11,12). The summed E-state index contributed by atoms with van der Waals surface area (Å²) in [7, 11) is -1.48. The SMILES string of the molecule is CCCS(=O)(=O)c1c(N)nsc1N(C)C(C)C. The highest BCUT2D eigenvalue weighted by molar-refractivity contribution is 7.91. The molecular weight excluding hydrogens is 258 g/mol. The Morgan fingerprint density at radius 1 is 1.47 bits per heavy atom. The minimum absolute atomic E-state index is 0.106. The topological polar surface area (TPSA) is 76.3 Å². The maximum atomic E-state index is 12.1. The summed E-state index contributed by atoms with van der Waals surface area (Å²) in [5.74, 6) is 0.222. The zero-order valence-corrected chi connectivity index (χ0v) is 12.2. The summed E-state index contributed by atoms with van der Waals surface area (Å²) in [6.45, 7) is 5.82. The van der Waals surface area contributed by atoms with Crippen LogP contribution in [0.1, 0.15) is 27.2 Å². The van der Waals surface area contributed by atoms with Crippen molar-refractivity contribution in [3.63, 3.8) is 0 Å². The van der Waals surface area contributed by atoms with Gasteiger partial charge in [-0.2, -0.15) is 4.37 Å². The quantitative estimate of drug-likeness (QED) is 0.887. The molecule has 1 aromatic heterocycles. The van der Waals surface area contributed by atoms with Gasteiger partial charge in [0.15, 0.2) is 15.7 Å². The largest absolute Gasteiger partial charge is 0.382 e. The van der Waals surface area contributed by atoms with Crippen LogP contribution in [0.5, 0.6) is 0 Å². The van der Waals surface area contributed by atoms with Crippen LogP contribution in [0.25, 0.3) is 0 Å². The van der Waals surface area contributed by atoms with Crippen molar-refractivity contribution in [1.29, 1.82) is 0 Å². The first kappa shape index (κ1) is 14.2. The predicted molar refractivity (Wildman–Crippen MR) is 72.4 cm³/mol. The average Bonchev–Trinajstić information content (AvgIpc) is 2.59. The van der Waals surface area contributed by atoms with Crippen molar-refractivity contribution in [1.82, 2.24) is 4.37 Å². The van der Waals surface area contributed by atoms with Crippen molar-refractivity contribution < 1.29 is 8.42 Å². The lowest BCUT2D eigenvalue weighted by Gasteiger charge is -2.22. The maximum absolute atomic E-state index is 12.1. The van der Waals surface area contributed by atoms with Crippen LogP contribution < -0.4 is 10.6 Å². The number of hydrogen-bond acceptors (Lipinski definition) is 6. The van der Waals surface area contributed by atoms with Gasteiger partial charge in [0.2, 0.25) is 0 Å². The van der Waals surface area contributed by atoms with Crippen molar-refractivity contribution >= 4 is 32.2 Å². The van der Waals surface area contributed by atoms with Crippen LogP contribution in [-0.4, -0.2) is 31.6 Å². The molecule has 0 bridgehead atoms. The van der Waals surface area contributed by atoms with Gasteiger partial charge in [-0.1, -0.05) is 6.92 Å². The van der Waals surface area contributed by atoms with Crippen LogP contribution in [0.2, 0.25) is 0 Å². The van der Waals surface area contributed by atoms with Gasteiger partial charge in [0.25, 0.3) is 0 Å². The van der Waals surface area contributed by atoms with Crippen molar-refractivity contribution in [3.05, 3.63) is 0 Å². The Hall–Kier alpha value is -0.820. The monoisotopic (exact) mass is 277 g/mol. The lowest BCUT2D eigenvalue weighted by atomic mass is 10.3. The number of anilines is 2. The summed E-state index contributed by atoms with van der Waals surface area (Å²) < 4.78 is 28.2. The highest BCUT2D eigenvalue weighted by atomic mass is 32.2. The molecule has 0 spiro atoms. The van der Waals surface area contributed by atoms with E-state index in [0.717, 1.165) is 11.5 Å². The lowest BCUT2D eigenvalue weighted by Crippen LogP contribution is -2.26. The molecule has 1 rings (SSSR count). The molecule has 5 nitrogen and oxygen atoms in total. The van der Waals surface area contributed by atoms with Gasteiger partial charge in [0.05, 0.1) is 5.75 Å². The average molecular weight is 277 g/mol. The molecule has 0 atom stereocenters. The molecule has 2 N–H and O–H groups in total. The summed E-state index contributed by atoms with van der Waals surface area (Å²) in [6.07, 6.45) is 0.572. The Kier molecular flexibility index (Phi) is 4.37. The first-order valence-corrected chi connectivity index (χ1v) is 7.94. The molecule has 0 fully saturated rings. The number of hydrogen-bond donors (Lipinski definition) is 1. The molecule has 0 aromatic carbocycles. The van der Waals surface area contributed by atoms with Gasteiger partial charge in [-0.15, -0.1) is 0 Å². The van der Waals surface area contributed by atoms with Crippen LogP contribution in [0, 0.1) is 0 Å². The first-order valence-electron chi connectivity index (χ1n) is 5.52. The molecule has 0 saturated heterocycles. The van der Waals surface area contributed by atoms with E-state index < -0.39 is 9.84 Å². The second kappa shape index (κ2) is 5.22. The molecule has 0 amide bonds. The Morgan fingerprint density at radius 3 is 2.53 bits per heavy atom. The summed E-state index contributed by atoms with van der Waals surface area (Å²) in [6, 6.07) is 0.199. The fourth-order valence-corrected chi connectivity index (χ4v) is 4.28. The Morgan fingerprint density at radius 2 is 2.06 bits per heavy atom. The van der Waals surface area contributed by atoms with E-state index in [0.29, 0.717) is 11.4 Å². The van der Waals surface area contributed by atoms with Crippen LogP contribution in [-0.2, 0) is 9.84 Å². The Labute approximate surface area is 107 Å². The maximum Gasteiger partial charge on any atom is 0.185 e. The molecule has 0 radical (unpaired) electrons. The first-order chi connectivity index (χ1) is 7.81. The molecule has 1 aromatic rings. The fourth-order valence-electron chi connectivity index (χ4n) is 1.41. The van der Waals surface area contributed by atoms with Gasteiger partial charge in [-0.05, 0) is 31.8 Å². The molecule has 0 saturated carbocycles. The van der Waals surface area contributed by atoms with Crippen molar-refractivity contribution in [3.8, 4) is 0 Å². The zero-order valence-electron chi connectivity index (χ0n) is 10.6. The number of nitrogen functional groups attached to an aromatic ring is 1. The molecule has 7 heteroatoms. The van der Waals surface area contributed by atoms with Gasteiger partial charge < -0.3 is 10.6 Å². The van der Waals surface area contributed by atoms with E-state index in [1.165, 1.54) is 0 Å². The predicted octanol–water partition coefficient (Wildman–Crippen LogP) is 1.75. The molecule has 0 aliphatic rings. The number of nitrogens with zero attached hydrogens (tertiary/aromatic N) is 2. The van der Waals surface area contributed by atoms with E-state index in [2.05, 4.69) is 4.37 Å². The zero-order chi connectivity index (χ0) is 13.2. The number of rotatable bonds is 5. The minimum atomic E-state index is -3.33. The summed E-state index contributed by atoms with van der Waals surface area (Å²) in [5, 5.41) is 0.631. The second-order valence-electron chi connectivity index (χ2n) is 4.23. The van der Waals surface area contributed by atoms with Gasteiger partial charge in [-0.25, -0.2) is 8.42 Å². The van der Waals surface area contributed by atoms with E-state index >= 15 is 0 Å². The molecular formula is C10H19N3O2S2. The highest BCUT2D eigenvalue weighted by Gasteiger charge is 2.27. The Balaban J connectivity index is 3.29. The van der Waals surface area contributed by atoms with E-state index in [1.807, 2.05) is 32.7 Å². The third-order valence-electron chi connectivity index (χ3n) is 2.54. The van der Waals surface area contributed by atoms with Crippen molar-refractivity contribution in [2.24, 2.45) is 0 Å². The van der Waals surface area contributed by atoms with E-state index in [-0.39, 0.29) is 22.5 Å². The van der Waals surface area contributed by atoms with Crippen molar-refractivity contribution in [2.45, 2.75) is 38.1 Å². The smallest absolute Gasteiger partial charge is 0.185 e. The third kappa shape index (κ3) is 2.90. The summed E-state index contributed by atoms with van der Waals surface area (Å²) in [4.78, 5) is 2.08. The van der Waals surface area contributed by atoms with Crippen LogP contribution in [0.4, 0.5) is 10.8 Å². The summed E-state index contributed by atoms with van der Waals surface area (Å²) >= 11 is 1.14. The van der Waals surface area contributed by atoms with E-state index in [4.69, 9.17) is 5.73 Å². The molecule has 0 aliphatic carbocycles. The van der Waals surface area contributed by atoms with Gasteiger partial charge >= 0.3 is 0 Å². The van der Waals surface area contributed by atoms with Gasteiger partial charge in [0.1, 0.15) is 9.90 Å². The third-order valence-corrected chi connectivity index (χ3v) is 5.59. The number of sulfone groups is 1. The number of aromatic nitrogens is 1. The lowest BCUT2D eigenvalue weighted by molar-refractivity contribution is 0.594. The number of nitrogens with two attached hydrogens (primary N) is 1. The highest BCUT2D eigenvalue weighted by Crippen LogP contribution is 2.35. The van der Waals surface area contributed by atoms with Crippen LogP contribution >= 0.6 is 11.5 Å². The van der Waals surface area contributed by atoms with Crippen LogP contribution in [0.3, 0.4) is 0 Å².